The van der Waals surface area contributed by atoms with Crippen LogP contribution in [0.2, 0.25) is 0 Å². The highest BCUT2D eigenvalue weighted by Gasteiger charge is 2.12. The van der Waals surface area contributed by atoms with E-state index in [2.05, 4.69) is 10.2 Å². The SMILES string of the molecule is Cc1cc(-c2nnc(SCC(=O)O)o2)co1. The van der Waals surface area contributed by atoms with E-state index in [1.165, 1.54) is 6.26 Å². The molecule has 0 bridgehead atoms. The minimum Gasteiger partial charge on any atom is -0.481 e. The highest BCUT2D eigenvalue weighted by molar-refractivity contribution is 7.99. The minimum absolute atomic E-state index is 0.105. The lowest BCUT2D eigenvalue weighted by molar-refractivity contribution is -0.133. The lowest BCUT2D eigenvalue weighted by atomic mass is 10.3. The number of aryl methyl sites for hydroxylation is 1. The van der Waals surface area contributed by atoms with Crippen LogP contribution in [0.1, 0.15) is 5.76 Å². The Morgan fingerprint density at radius 3 is 3.00 bits per heavy atom. The van der Waals surface area contributed by atoms with Crippen molar-refractivity contribution in [2.24, 2.45) is 0 Å². The van der Waals surface area contributed by atoms with Crippen molar-refractivity contribution >= 4 is 17.7 Å². The zero-order chi connectivity index (χ0) is 11.5. The van der Waals surface area contributed by atoms with E-state index in [0.717, 1.165) is 17.5 Å². The lowest BCUT2D eigenvalue weighted by Crippen LogP contribution is -1.97. The smallest absolute Gasteiger partial charge is 0.314 e. The summed E-state index contributed by atoms with van der Waals surface area (Å²) in [6, 6.07) is 1.76. The summed E-state index contributed by atoms with van der Waals surface area (Å²) >= 11 is 0.980. The molecule has 16 heavy (non-hydrogen) atoms. The van der Waals surface area contributed by atoms with Gasteiger partial charge in [-0.3, -0.25) is 4.79 Å². The predicted molar refractivity (Wildman–Crippen MR) is 55.1 cm³/mol. The Bertz CT molecular complexity index is 505. The number of nitrogens with zero attached hydrogens (tertiary/aromatic N) is 2. The van der Waals surface area contributed by atoms with Crippen molar-refractivity contribution in [3.8, 4) is 11.5 Å². The molecule has 0 spiro atoms. The molecule has 0 unspecified atom stereocenters. The molecule has 0 saturated carbocycles. The second-order valence-corrected chi connectivity index (χ2v) is 3.93. The fraction of sp³-hybridized carbons (Fsp3) is 0.222. The van der Waals surface area contributed by atoms with Crippen molar-refractivity contribution in [3.05, 3.63) is 18.1 Å². The maximum atomic E-state index is 10.3. The second kappa shape index (κ2) is 4.40. The zero-order valence-corrected chi connectivity index (χ0v) is 9.15. The molecular formula is C9H8N2O4S. The molecule has 0 aliphatic rings. The van der Waals surface area contributed by atoms with Gasteiger partial charge in [-0.25, -0.2) is 0 Å². The summed E-state index contributed by atoms with van der Waals surface area (Å²) in [7, 11) is 0. The Hall–Kier alpha value is -1.76. The maximum absolute atomic E-state index is 10.3. The summed E-state index contributed by atoms with van der Waals surface area (Å²) in [5.41, 5.74) is 0.687. The molecule has 0 atom stereocenters. The molecule has 84 valence electrons. The van der Waals surface area contributed by atoms with Gasteiger partial charge in [0.15, 0.2) is 0 Å². The largest absolute Gasteiger partial charge is 0.481 e. The Morgan fingerprint density at radius 2 is 2.38 bits per heavy atom. The van der Waals surface area contributed by atoms with Crippen LogP contribution >= 0.6 is 11.8 Å². The van der Waals surface area contributed by atoms with Gasteiger partial charge in [0.1, 0.15) is 17.8 Å². The van der Waals surface area contributed by atoms with Crippen molar-refractivity contribution in [2.75, 3.05) is 5.75 Å². The third kappa shape index (κ3) is 2.43. The van der Waals surface area contributed by atoms with Crippen LogP contribution < -0.4 is 0 Å². The van der Waals surface area contributed by atoms with E-state index in [0.29, 0.717) is 11.5 Å². The third-order valence-corrected chi connectivity index (χ3v) is 2.51. The van der Waals surface area contributed by atoms with E-state index >= 15 is 0 Å². The molecule has 0 fully saturated rings. The van der Waals surface area contributed by atoms with Gasteiger partial charge in [-0.05, 0) is 13.0 Å². The number of carboxylic acids is 1. The lowest BCUT2D eigenvalue weighted by Gasteiger charge is -1.88. The van der Waals surface area contributed by atoms with Crippen molar-refractivity contribution in [2.45, 2.75) is 12.1 Å². The zero-order valence-electron chi connectivity index (χ0n) is 8.34. The monoisotopic (exact) mass is 240 g/mol. The van der Waals surface area contributed by atoms with Crippen molar-refractivity contribution in [1.82, 2.24) is 10.2 Å². The summed E-state index contributed by atoms with van der Waals surface area (Å²) in [5.74, 6) is 0.0352. The standard InChI is InChI=1S/C9H8N2O4S/c1-5-2-6(3-14-5)8-10-11-9(15-8)16-4-7(12)13/h2-3H,4H2,1H3,(H,12,13). The summed E-state index contributed by atoms with van der Waals surface area (Å²) < 4.78 is 10.3. The van der Waals surface area contributed by atoms with Gasteiger partial charge in [-0.1, -0.05) is 11.8 Å². The first-order valence-electron chi connectivity index (χ1n) is 4.39. The molecule has 2 aromatic rings. The van der Waals surface area contributed by atoms with E-state index in [1.54, 1.807) is 13.0 Å². The first-order chi connectivity index (χ1) is 7.65. The number of carboxylic acid groups (broad SMARTS) is 1. The average Bonchev–Trinajstić information content (AvgIpc) is 2.83. The molecule has 0 amide bonds. The molecule has 0 radical (unpaired) electrons. The molecule has 6 nitrogen and oxygen atoms in total. The topological polar surface area (TPSA) is 89.4 Å². The van der Waals surface area contributed by atoms with E-state index in [1.807, 2.05) is 0 Å². The van der Waals surface area contributed by atoms with Crippen LogP contribution in [0, 0.1) is 6.92 Å². The fourth-order valence-corrected chi connectivity index (χ4v) is 1.55. The van der Waals surface area contributed by atoms with Crippen LogP contribution in [-0.2, 0) is 4.79 Å². The molecule has 7 heteroatoms. The third-order valence-electron chi connectivity index (χ3n) is 1.70. The molecule has 2 heterocycles. The van der Waals surface area contributed by atoms with Gasteiger partial charge in [0.25, 0.3) is 11.1 Å². The van der Waals surface area contributed by atoms with Gasteiger partial charge in [0.2, 0.25) is 0 Å². The van der Waals surface area contributed by atoms with Crippen LogP contribution in [0.4, 0.5) is 0 Å². The van der Waals surface area contributed by atoms with Crippen LogP contribution in [0.15, 0.2) is 26.4 Å². The highest BCUT2D eigenvalue weighted by atomic mass is 32.2. The molecule has 1 N–H and O–H groups in total. The molecular weight excluding hydrogens is 232 g/mol. The number of furan rings is 1. The van der Waals surface area contributed by atoms with E-state index in [4.69, 9.17) is 13.9 Å². The van der Waals surface area contributed by atoms with Crippen LogP contribution in [0.25, 0.3) is 11.5 Å². The van der Waals surface area contributed by atoms with Crippen molar-refractivity contribution < 1.29 is 18.7 Å². The first kappa shape index (κ1) is 10.7. The van der Waals surface area contributed by atoms with Crippen LogP contribution in [-0.4, -0.2) is 27.0 Å². The van der Waals surface area contributed by atoms with Gasteiger partial charge in [0, 0.05) is 0 Å². The highest BCUT2D eigenvalue weighted by Crippen LogP contribution is 2.24. The van der Waals surface area contributed by atoms with E-state index in [-0.39, 0.29) is 11.0 Å². The van der Waals surface area contributed by atoms with Crippen LogP contribution in [0.5, 0.6) is 0 Å². The summed E-state index contributed by atoms with van der Waals surface area (Å²) in [4.78, 5) is 10.3. The number of thioether (sulfide) groups is 1. The normalized spacial score (nSPS) is 10.6. The van der Waals surface area contributed by atoms with Gasteiger partial charge < -0.3 is 13.9 Å². The summed E-state index contributed by atoms with van der Waals surface area (Å²) in [6.45, 7) is 1.81. The fourth-order valence-electron chi connectivity index (χ4n) is 1.06. The Balaban J connectivity index is 2.10. The van der Waals surface area contributed by atoms with Gasteiger partial charge in [0.05, 0.1) is 5.56 Å². The van der Waals surface area contributed by atoms with Crippen molar-refractivity contribution in [1.29, 1.82) is 0 Å². The Kier molecular flexibility index (Phi) is 2.95. The van der Waals surface area contributed by atoms with Crippen LogP contribution in [0.3, 0.4) is 0 Å². The number of hydrogen-bond acceptors (Lipinski definition) is 6. The Labute approximate surface area is 94.7 Å². The number of aliphatic carboxylic acids is 1. The number of aromatic nitrogens is 2. The second-order valence-electron chi connectivity index (χ2n) is 3.00. The minimum atomic E-state index is -0.927. The number of rotatable bonds is 4. The van der Waals surface area contributed by atoms with Gasteiger partial charge >= 0.3 is 5.97 Å². The van der Waals surface area contributed by atoms with Gasteiger partial charge in [-0.2, -0.15) is 0 Å². The predicted octanol–water partition coefficient (Wildman–Crippen LogP) is 1.81. The number of carbonyl (C=O) groups is 1. The molecule has 0 aliphatic carbocycles. The maximum Gasteiger partial charge on any atom is 0.314 e. The molecule has 2 rings (SSSR count). The molecule has 0 saturated heterocycles. The summed E-state index contributed by atoms with van der Waals surface area (Å²) in [5, 5.41) is 16.2. The first-order valence-corrected chi connectivity index (χ1v) is 5.37. The average molecular weight is 240 g/mol. The molecule has 2 aromatic heterocycles. The Morgan fingerprint density at radius 1 is 1.56 bits per heavy atom. The molecule has 0 aromatic carbocycles. The van der Waals surface area contributed by atoms with Gasteiger partial charge in [-0.15, -0.1) is 10.2 Å². The summed E-state index contributed by atoms with van der Waals surface area (Å²) in [6.07, 6.45) is 1.51. The number of hydrogen-bond donors (Lipinski definition) is 1. The molecule has 0 aliphatic heterocycles. The quantitative estimate of drug-likeness (QED) is 0.815. The van der Waals surface area contributed by atoms with E-state index in [9.17, 15) is 4.79 Å². The van der Waals surface area contributed by atoms with E-state index < -0.39 is 5.97 Å². The van der Waals surface area contributed by atoms with Crippen molar-refractivity contribution in [3.63, 3.8) is 0 Å².